The molecule has 2 aromatic rings. The number of hydrogen-bond acceptors (Lipinski definition) is 4. The average molecular weight is 373 g/mol. The lowest BCUT2D eigenvalue weighted by Gasteiger charge is -2.11. The molecule has 1 N–H and O–H groups in total. The number of nitrogens with zero attached hydrogens (tertiary/aromatic N) is 1. The van der Waals surface area contributed by atoms with E-state index in [4.69, 9.17) is 16.3 Å². The summed E-state index contributed by atoms with van der Waals surface area (Å²) in [5.41, 5.74) is 0.526. The second-order valence-electron chi connectivity index (χ2n) is 4.33. The highest BCUT2D eigenvalue weighted by molar-refractivity contribution is 9.10. The molecule has 0 fully saturated rings. The van der Waals surface area contributed by atoms with E-state index in [0.717, 1.165) is 0 Å². The van der Waals surface area contributed by atoms with E-state index < -0.39 is 11.0 Å². The molecule has 0 amide bonds. The van der Waals surface area contributed by atoms with Gasteiger partial charge >= 0.3 is 5.69 Å². The first-order chi connectivity index (χ1) is 9.88. The first kappa shape index (κ1) is 15.8. The lowest BCUT2D eigenvalue weighted by molar-refractivity contribution is -0.385. The summed E-state index contributed by atoms with van der Waals surface area (Å²) in [6.07, 6.45) is -0.631. The Morgan fingerprint density at radius 3 is 2.62 bits per heavy atom. The number of hydrogen-bond donors (Lipinski definition) is 1. The van der Waals surface area contributed by atoms with Crippen LogP contribution in [0.2, 0.25) is 5.02 Å². The highest BCUT2D eigenvalue weighted by atomic mass is 79.9. The highest BCUT2D eigenvalue weighted by Gasteiger charge is 2.17. The normalized spacial score (nSPS) is 12.0. The third kappa shape index (κ3) is 3.72. The molecule has 21 heavy (non-hydrogen) atoms. The van der Waals surface area contributed by atoms with Gasteiger partial charge in [0.15, 0.2) is 0 Å². The van der Waals surface area contributed by atoms with Gasteiger partial charge in [0.25, 0.3) is 0 Å². The number of aliphatic hydroxyl groups excluding tert-OH is 1. The lowest BCUT2D eigenvalue weighted by Crippen LogP contribution is -1.95. The smallest absolute Gasteiger partial charge is 0.311 e. The SMILES string of the molecule is CC(O)c1ccc(Oc2cc(Cl)ccc2[N+](=O)[O-])cc1Br. The number of rotatable bonds is 4. The molecule has 110 valence electrons. The molecule has 0 aromatic heterocycles. The number of ether oxygens (including phenoxy) is 1. The van der Waals surface area contributed by atoms with Crippen LogP contribution in [-0.2, 0) is 0 Å². The maximum atomic E-state index is 11.0. The Morgan fingerprint density at radius 1 is 1.33 bits per heavy atom. The van der Waals surface area contributed by atoms with Crippen molar-refractivity contribution in [2.45, 2.75) is 13.0 Å². The van der Waals surface area contributed by atoms with E-state index >= 15 is 0 Å². The Bertz CT molecular complexity index is 691. The van der Waals surface area contributed by atoms with Crippen molar-refractivity contribution in [1.29, 1.82) is 0 Å². The second-order valence-corrected chi connectivity index (χ2v) is 5.62. The summed E-state index contributed by atoms with van der Waals surface area (Å²) in [5, 5.41) is 20.9. The lowest BCUT2D eigenvalue weighted by atomic mass is 10.1. The fraction of sp³-hybridized carbons (Fsp3) is 0.143. The van der Waals surface area contributed by atoms with Gasteiger partial charge in [-0.2, -0.15) is 0 Å². The third-order valence-electron chi connectivity index (χ3n) is 2.77. The van der Waals surface area contributed by atoms with Gasteiger partial charge in [0, 0.05) is 21.6 Å². The highest BCUT2D eigenvalue weighted by Crippen LogP contribution is 2.35. The summed E-state index contributed by atoms with van der Waals surface area (Å²) < 4.78 is 6.18. The maximum Gasteiger partial charge on any atom is 0.311 e. The van der Waals surface area contributed by atoms with E-state index in [9.17, 15) is 15.2 Å². The molecule has 1 unspecified atom stereocenters. The average Bonchev–Trinajstić information content (AvgIpc) is 2.37. The van der Waals surface area contributed by atoms with Gasteiger partial charge in [-0.05, 0) is 30.7 Å². The summed E-state index contributed by atoms with van der Waals surface area (Å²) >= 11 is 9.16. The van der Waals surface area contributed by atoms with Gasteiger partial charge in [-0.1, -0.05) is 33.6 Å². The number of benzene rings is 2. The molecule has 1 atom stereocenters. The third-order valence-corrected chi connectivity index (χ3v) is 3.69. The summed E-state index contributed by atoms with van der Waals surface area (Å²) in [6, 6.07) is 9.04. The van der Waals surface area contributed by atoms with Gasteiger partial charge in [0.1, 0.15) is 5.75 Å². The Kier molecular flexibility index (Phi) is 4.82. The Balaban J connectivity index is 2.36. The van der Waals surface area contributed by atoms with Crippen LogP contribution in [-0.4, -0.2) is 10.0 Å². The molecule has 2 rings (SSSR count). The zero-order valence-corrected chi connectivity index (χ0v) is 13.3. The van der Waals surface area contributed by atoms with E-state index in [-0.39, 0.29) is 11.4 Å². The maximum absolute atomic E-state index is 11.0. The predicted octanol–water partition coefficient (Wildman–Crippen LogP) is 4.86. The van der Waals surface area contributed by atoms with Gasteiger partial charge in [-0.15, -0.1) is 0 Å². The minimum atomic E-state index is -0.631. The minimum absolute atomic E-state index is 0.0594. The fourth-order valence-electron chi connectivity index (χ4n) is 1.76. The van der Waals surface area contributed by atoms with Crippen LogP contribution in [0.5, 0.6) is 11.5 Å². The quantitative estimate of drug-likeness (QED) is 0.614. The van der Waals surface area contributed by atoms with E-state index in [0.29, 0.717) is 20.8 Å². The Labute approximate surface area is 134 Å². The van der Waals surface area contributed by atoms with Crippen LogP contribution in [0.4, 0.5) is 5.69 Å². The van der Waals surface area contributed by atoms with Crippen molar-refractivity contribution in [3.05, 3.63) is 61.6 Å². The van der Waals surface area contributed by atoms with E-state index in [1.807, 2.05) is 0 Å². The van der Waals surface area contributed by atoms with Gasteiger partial charge < -0.3 is 9.84 Å². The molecule has 0 aliphatic carbocycles. The first-order valence-electron chi connectivity index (χ1n) is 5.98. The molecule has 0 saturated carbocycles. The van der Waals surface area contributed by atoms with Crippen LogP contribution in [0.3, 0.4) is 0 Å². The van der Waals surface area contributed by atoms with Crippen molar-refractivity contribution in [2.75, 3.05) is 0 Å². The van der Waals surface area contributed by atoms with Crippen LogP contribution >= 0.6 is 27.5 Å². The Morgan fingerprint density at radius 2 is 2.05 bits per heavy atom. The van der Waals surface area contributed by atoms with Crippen molar-refractivity contribution in [2.24, 2.45) is 0 Å². The van der Waals surface area contributed by atoms with E-state index in [1.165, 1.54) is 18.2 Å². The molecule has 0 aliphatic rings. The van der Waals surface area contributed by atoms with Gasteiger partial charge in [-0.25, -0.2) is 0 Å². The summed E-state index contributed by atoms with van der Waals surface area (Å²) in [4.78, 5) is 10.4. The molecule has 0 spiro atoms. The molecule has 0 bridgehead atoms. The van der Waals surface area contributed by atoms with Gasteiger partial charge in [0.2, 0.25) is 5.75 Å². The second kappa shape index (κ2) is 6.43. The van der Waals surface area contributed by atoms with Crippen LogP contribution in [0.25, 0.3) is 0 Å². The largest absolute Gasteiger partial charge is 0.450 e. The molecule has 0 aliphatic heterocycles. The number of nitro groups is 1. The van der Waals surface area contributed by atoms with Gasteiger partial charge in [-0.3, -0.25) is 10.1 Å². The minimum Gasteiger partial charge on any atom is -0.450 e. The van der Waals surface area contributed by atoms with Crippen LogP contribution in [0.1, 0.15) is 18.6 Å². The first-order valence-corrected chi connectivity index (χ1v) is 7.15. The van der Waals surface area contributed by atoms with Crippen molar-refractivity contribution < 1.29 is 14.8 Å². The van der Waals surface area contributed by atoms with Crippen LogP contribution < -0.4 is 4.74 Å². The Hall–Kier alpha value is -1.63. The number of halogens is 2. The zero-order valence-electron chi connectivity index (χ0n) is 10.9. The topological polar surface area (TPSA) is 72.6 Å². The summed E-state index contributed by atoms with van der Waals surface area (Å²) in [6.45, 7) is 1.64. The fourth-order valence-corrected chi connectivity index (χ4v) is 2.61. The van der Waals surface area contributed by atoms with E-state index in [1.54, 1.807) is 25.1 Å². The molecular weight excluding hydrogens is 362 g/mol. The molecule has 0 radical (unpaired) electrons. The monoisotopic (exact) mass is 371 g/mol. The molecule has 0 saturated heterocycles. The van der Waals surface area contributed by atoms with Crippen LogP contribution in [0.15, 0.2) is 40.9 Å². The zero-order chi connectivity index (χ0) is 15.6. The van der Waals surface area contributed by atoms with Crippen molar-refractivity contribution >= 4 is 33.2 Å². The van der Waals surface area contributed by atoms with E-state index in [2.05, 4.69) is 15.9 Å². The van der Waals surface area contributed by atoms with Crippen molar-refractivity contribution in [3.63, 3.8) is 0 Å². The molecule has 2 aromatic carbocycles. The van der Waals surface area contributed by atoms with Crippen molar-refractivity contribution in [3.8, 4) is 11.5 Å². The molecule has 0 heterocycles. The van der Waals surface area contributed by atoms with Crippen LogP contribution in [0, 0.1) is 10.1 Å². The number of aliphatic hydroxyl groups is 1. The summed E-state index contributed by atoms with van der Waals surface area (Å²) in [5.74, 6) is 0.459. The molecule has 5 nitrogen and oxygen atoms in total. The van der Waals surface area contributed by atoms with Crippen molar-refractivity contribution in [1.82, 2.24) is 0 Å². The predicted molar refractivity (Wildman–Crippen MR) is 83.0 cm³/mol. The van der Waals surface area contributed by atoms with Gasteiger partial charge in [0.05, 0.1) is 11.0 Å². The standard InChI is InChI=1S/C14H11BrClNO4/c1-8(18)11-4-3-10(7-12(11)15)21-14-6-9(16)2-5-13(14)17(19)20/h2-8,18H,1H3. The summed E-state index contributed by atoms with van der Waals surface area (Å²) in [7, 11) is 0. The molecule has 7 heteroatoms. The molecular formula is C14H11BrClNO4. The number of nitro benzene ring substituents is 1.